The van der Waals surface area contributed by atoms with Crippen LogP contribution in [0.1, 0.15) is 67.2 Å². The van der Waals surface area contributed by atoms with Crippen LogP contribution in [0.4, 0.5) is 0 Å². The normalized spacial score (nSPS) is 20.6. The molecule has 0 aliphatic carbocycles. The Balaban J connectivity index is 1.90. The topological polar surface area (TPSA) is 133 Å². The van der Waals surface area contributed by atoms with Crippen molar-refractivity contribution in [2.75, 3.05) is 13.1 Å². The Morgan fingerprint density at radius 1 is 0.688 bits per heavy atom. The molecule has 2 N–H and O–H groups in total. The van der Waals surface area contributed by atoms with E-state index < -0.39 is 58.1 Å². The molecule has 4 amide bonds. The third-order valence-electron chi connectivity index (χ3n) is 6.86. The minimum Gasteiger partial charge on any atom is -0.324 e. The number of nitrogens with zero attached hydrogens (tertiary/aromatic N) is 2. The molecule has 0 bridgehead atoms. The molecule has 0 unspecified atom stereocenters. The van der Waals surface area contributed by atoms with Gasteiger partial charge in [0.25, 0.3) is 23.6 Å². The highest BCUT2D eigenvalue weighted by molar-refractivity contribution is 6.39. The predicted molar refractivity (Wildman–Crippen MR) is 115 cm³/mol. The van der Waals surface area contributed by atoms with E-state index in [2.05, 4.69) is 10.9 Å². The van der Waals surface area contributed by atoms with E-state index in [1.165, 1.54) is 9.80 Å². The maximum atomic E-state index is 12.5. The molecule has 2 atom stereocenters. The fourth-order valence-electron chi connectivity index (χ4n) is 3.26. The number of Topliss-reactive ketones (excluding diaryl/α,β-unsaturated/α-hetero) is 2. The first-order valence-electron chi connectivity index (χ1n) is 11.1. The largest absolute Gasteiger partial charge is 0.324 e. The van der Waals surface area contributed by atoms with Crippen molar-refractivity contribution in [1.29, 1.82) is 0 Å². The van der Waals surface area contributed by atoms with Crippen molar-refractivity contribution in [3.63, 3.8) is 0 Å². The van der Waals surface area contributed by atoms with Crippen molar-refractivity contribution in [1.82, 2.24) is 20.7 Å². The van der Waals surface area contributed by atoms with E-state index in [4.69, 9.17) is 0 Å². The van der Waals surface area contributed by atoms with E-state index in [0.29, 0.717) is 25.7 Å². The van der Waals surface area contributed by atoms with Gasteiger partial charge in [-0.05, 0) is 25.7 Å². The fraction of sp³-hybridized carbons (Fsp3) is 0.727. The van der Waals surface area contributed by atoms with E-state index in [1.807, 2.05) is 13.8 Å². The zero-order chi connectivity index (χ0) is 24.4. The zero-order valence-electron chi connectivity index (χ0n) is 19.7. The van der Waals surface area contributed by atoms with Crippen LogP contribution in [-0.4, -0.2) is 70.2 Å². The van der Waals surface area contributed by atoms with Gasteiger partial charge in [-0.3, -0.25) is 39.6 Å². The predicted octanol–water partition coefficient (Wildman–Crippen LogP) is 0.346. The number of rotatable bonds is 8. The van der Waals surface area contributed by atoms with Crippen molar-refractivity contribution in [3.05, 3.63) is 0 Å². The Hall–Kier alpha value is -2.78. The molecule has 178 valence electrons. The highest BCUT2D eigenvalue weighted by atomic mass is 16.2. The van der Waals surface area contributed by atoms with Crippen LogP contribution in [0, 0.1) is 10.8 Å². The number of ketones is 2. The maximum absolute atomic E-state index is 12.5. The summed E-state index contributed by atoms with van der Waals surface area (Å²) in [5.41, 5.74) is 2.92. The van der Waals surface area contributed by atoms with Crippen molar-refractivity contribution in [3.8, 4) is 0 Å². The summed E-state index contributed by atoms with van der Waals surface area (Å²) < 4.78 is 0. The number of carbonyl (C=O) groups is 6. The smallest absolute Gasteiger partial charge is 0.291 e. The molecule has 0 aromatic carbocycles. The summed E-state index contributed by atoms with van der Waals surface area (Å²) in [7, 11) is 0. The van der Waals surface area contributed by atoms with Crippen LogP contribution in [0.5, 0.6) is 0 Å². The number of hydrogen-bond donors (Lipinski definition) is 2. The first kappa shape index (κ1) is 25.5. The lowest BCUT2D eigenvalue weighted by Gasteiger charge is -2.41. The monoisotopic (exact) mass is 450 g/mol. The van der Waals surface area contributed by atoms with Crippen molar-refractivity contribution < 1.29 is 28.8 Å². The van der Waals surface area contributed by atoms with Crippen LogP contribution < -0.4 is 10.9 Å². The zero-order valence-corrected chi connectivity index (χ0v) is 19.7. The van der Waals surface area contributed by atoms with Gasteiger partial charge in [0.2, 0.25) is 11.6 Å². The molecule has 2 rings (SSSR count). The van der Waals surface area contributed by atoms with Gasteiger partial charge in [0.1, 0.15) is 12.1 Å². The molecule has 10 heteroatoms. The molecule has 32 heavy (non-hydrogen) atoms. The Kier molecular flexibility index (Phi) is 7.47. The molecule has 0 aromatic rings. The first-order chi connectivity index (χ1) is 14.8. The molecule has 0 spiro atoms. The molecule has 0 aromatic heterocycles. The minimum absolute atomic E-state index is 0.288. The summed E-state index contributed by atoms with van der Waals surface area (Å²) in [6, 6.07) is -1.68. The second-order valence-corrected chi connectivity index (χ2v) is 9.72. The van der Waals surface area contributed by atoms with E-state index in [0.717, 1.165) is 0 Å². The third kappa shape index (κ3) is 4.83. The van der Waals surface area contributed by atoms with Crippen LogP contribution in [0.3, 0.4) is 0 Å². The molecular weight excluding hydrogens is 416 g/mol. The number of likely N-dealkylation sites (tertiary alicyclic amines) is 2. The van der Waals surface area contributed by atoms with Gasteiger partial charge in [-0.1, -0.05) is 41.5 Å². The Morgan fingerprint density at radius 3 is 1.22 bits per heavy atom. The average molecular weight is 451 g/mol. The molecule has 2 fully saturated rings. The highest BCUT2D eigenvalue weighted by Crippen LogP contribution is 2.27. The molecule has 2 heterocycles. The number of nitrogens with one attached hydrogen (secondary N) is 2. The number of carbonyl (C=O) groups excluding carboxylic acids is 6. The summed E-state index contributed by atoms with van der Waals surface area (Å²) in [5, 5.41) is 0. The lowest BCUT2D eigenvalue weighted by Crippen LogP contribution is -2.65. The Bertz CT molecular complexity index is 766. The number of hydrogen-bond acceptors (Lipinski definition) is 6. The third-order valence-corrected chi connectivity index (χ3v) is 6.86. The SMILES string of the molecule is CCC(C)(C)C(=O)C(=O)N1CC[C@H]1C(=O)NNC(=O)[C@@H]1CCN1C(=O)C(=O)C(C)(C)CC. The summed E-state index contributed by atoms with van der Waals surface area (Å²) in [5.74, 6) is -3.74. The summed E-state index contributed by atoms with van der Waals surface area (Å²) in [6.45, 7) is 10.9. The average Bonchev–Trinajstić information content (AvgIpc) is 2.69. The van der Waals surface area contributed by atoms with Gasteiger partial charge in [-0.25, -0.2) is 0 Å². The maximum Gasteiger partial charge on any atom is 0.291 e. The van der Waals surface area contributed by atoms with Crippen LogP contribution in [0.2, 0.25) is 0 Å². The molecule has 2 aliphatic heterocycles. The summed E-state index contributed by atoms with van der Waals surface area (Å²) in [6.07, 6.45) is 1.74. The van der Waals surface area contributed by atoms with E-state index >= 15 is 0 Å². The molecule has 2 aliphatic rings. The lowest BCUT2D eigenvalue weighted by molar-refractivity contribution is -0.159. The number of hydrazine groups is 1. The second-order valence-electron chi connectivity index (χ2n) is 9.72. The van der Waals surface area contributed by atoms with Gasteiger partial charge in [0.05, 0.1) is 0 Å². The highest BCUT2D eigenvalue weighted by Gasteiger charge is 2.45. The van der Waals surface area contributed by atoms with Crippen LogP contribution >= 0.6 is 0 Å². The van der Waals surface area contributed by atoms with Gasteiger partial charge in [0, 0.05) is 23.9 Å². The van der Waals surface area contributed by atoms with Crippen molar-refractivity contribution in [2.45, 2.75) is 79.3 Å². The summed E-state index contributed by atoms with van der Waals surface area (Å²) >= 11 is 0. The van der Waals surface area contributed by atoms with Gasteiger partial charge < -0.3 is 9.80 Å². The van der Waals surface area contributed by atoms with E-state index in [1.54, 1.807) is 27.7 Å². The molecule has 0 saturated carbocycles. The minimum atomic E-state index is -0.842. The van der Waals surface area contributed by atoms with Gasteiger partial charge in [-0.2, -0.15) is 0 Å². The van der Waals surface area contributed by atoms with Gasteiger partial charge >= 0.3 is 0 Å². The quantitative estimate of drug-likeness (QED) is 0.405. The molecular formula is C22H34N4O6. The van der Waals surface area contributed by atoms with Gasteiger partial charge in [-0.15, -0.1) is 0 Å². The van der Waals surface area contributed by atoms with Gasteiger partial charge in [0.15, 0.2) is 0 Å². The van der Waals surface area contributed by atoms with E-state index in [9.17, 15) is 28.8 Å². The molecule has 0 radical (unpaired) electrons. The van der Waals surface area contributed by atoms with Crippen LogP contribution in [-0.2, 0) is 28.8 Å². The molecule has 2 saturated heterocycles. The van der Waals surface area contributed by atoms with Crippen molar-refractivity contribution in [2.24, 2.45) is 10.8 Å². The number of amides is 4. The van der Waals surface area contributed by atoms with E-state index in [-0.39, 0.29) is 13.1 Å². The Morgan fingerprint density at radius 2 is 1.00 bits per heavy atom. The standard InChI is InChI=1S/C22H34N4O6/c1-7-21(3,4)15(27)19(31)25-11-9-13(25)17(29)23-24-18(30)14-10-12-26(14)20(32)16(28)22(5,6)8-2/h13-14H,7-12H2,1-6H3,(H,23,29)(H,24,30)/t13-,14-/m0/s1. The van der Waals surface area contributed by atoms with Crippen LogP contribution in [0.25, 0.3) is 0 Å². The first-order valence-corrected chi connectivity index (χ1v) is 11.1. The fourth-order valence-corrected chi connectivity index (χ4v) is 3.26. The molecule has 10 nitrogen and oxygen atoms in total. The lowest BCUT2D eigenvalue weighted by atomic mass is 9.83. The Labute approximate surface area is 188 Å². The van der Waals surface area contributed by atoms with Crippen LogP contribution in [0.15, 0.2) is 0 Å². The second kappa shape index (κ2) is 9.38. The van der Waals surface area contributed by atoms with Crippen molar-refractivity contribution >= 4 is 35.2 Å². The summed E-state index contributed by atoms with van der Waals surface area (Å²) in [4.78, 5) is 77.0.